The largest absolute Gasteiger partial charge is 0.497 e. The number of methoxy groups -OCH3 is 1. The van der Waals surface area contributed by atoms with Gasteiger partial charge in [0.2, 0.25) is 0 Å². The number of ether oxygens (including phenoxy) is 1. The second-order valence-electron chi connectivity index (χ2n) is 2.88. The Kier molecular flexibility index (Phi) is 4.37. The summed E-state index contributed by atoms with van der Waals surface area (Å²) < 4.78 is 5.84. The molecular formula is C11H13BrN2O. The predicted molar refractivity (Wildman–Crippen MR) is 67.4 cm³/mol. The monoisotopic (exact) mass is 268 g/mol. The molecule has 0 aliphatic rings. The van der Waals surface area contributed by atoms with E-state index in [9.17, 15) is 0 Å². The Morgan fingerprint density at radius 1 is 1.40 bits per heavy atom. The number of nitrogens with zero attached hydrogens (tertiary/aromatic N) is 1. The highest BCUT2D eigenvalue weighted by Crippen LogP contribution is 2.19. The first-order chi connectivity index (χ1) is 7.19. The van der Waals surface area contributed by atoms with Crippen LogP contribution in [0, 0.1) is 0 Å². The third-order valence-electron chi connectivity index (χ3n) is 1.90. The molecule has 80 valence electrons. The van der Waals surface area contributed by atoms with Gasteiger partial charge in [0.05, 0.1) is 17.3 Å². The van der Waals surface area contributed by atoms with Crippen molar-refractivity contribution >= 4 is 27.8 Å². The Labute approximate surface area is 97.8 Å². The fraction of sp³-hybridized carbons (Fsp3) is 0.182. The summed E-state index contributed by atoms with van der Waals surface area (Å²) in [6, 6.07) is 7.54. The van der Waals surface area contributed by atoms with E-state index in [2.05, 4.69) is 20.9 Å². The van der Waals surface area contributed by atoms with Gasteiger partial charge in [-0.15, -0.1) is 0 Å². The highest BCUT2D eigenvalue weighted by Gasteiger charge is 2.01. The van der Waals surface area contributed by atoms with Crippen LogP contribution in [-0.4, -0.2) is 20.4 Å². The van der Waals surface area contributed by atoms with Crippen molar-refractivity contribution < 1.29 is 4.74 Å². The molecule has 0 aliphatic heterocycles. The van der Waals surface area contributed by atoms with E-state index < -0.39 is 0 Å². The fourth-order valence-electron chi connectivity index (χ4n) is 1.09. The smallest absolute Gasteiger partial charge is 0.118 e. The number of allylic oxidation sites excluding steroid dienone is 1. The van der Waals surface area contributed by atoms with Crippen LogP contribution in [0.5, 0.6) is 5.75 Å². The van der Waals surface area contributed by atoms with Crippen molar-refractivity contribution in [3.8, 4) is 5.75 Å². The summed E-state index contributed by atoms with van der Waals surface area (Å²) in [4.78, 5) is 3.88. The van der Waals surface area contributed by atoms with Gasteiger partial charge in [-0.1, -0.05) is 0 Å². The number of hydrogen-bond acceptors (Lipinski definition) is 3. The van der Waals surface area contributed by atoms with Crippen LogP contribution in [-0.2, 0) is 0 Å². The Bertz CT molecular complexity index is 382. The first-order valence-corrected chi connectivity index (χ1v) is 5.20. The van der Waals surface area contributed by atoms with Crippen LogP contribution >= 0.6 is 15.9 Å². The number of rotatable bonds is 3. The van der Waals surface area contributed by atoms with Crippen molar-refractivity contribution in [1.29, 1.82) is 0 Å². The molecule has 4 heteroatoms. The van der Waals surface area contributed by atoms with Gasteiger partial charge in [0.1, 0.15) is 5.75 Å². The van der Waals surface area contributed by atoms with Crippen LogP contribution < -0.4 is 10.5 Å². The molecular weight excluding hydrogens is 256 g/mol. The molecule has 0 aliphatic carbocycles. The van der Waals surface area contributed by atoms with Gasteiger partial charge in [0.15, 0.2) is 0 Å². The van der Waals surface area contributed by atoms with Crippen LogP contribution in [0.25, 0.3) is 5.70 Å². The van der Waals surface area contributed by atoms with Crippen molar-refractivity contribution in [1.82, 2.24) is 0 Å². The molecule has 0 amide bonds. The Morgan fingerprint density at radius 3 is 2.47 bits per heavy atom. The highest BCUT2D eigenvalue weighted by atomic mass is 79.9. The average Bonchev–Trinajstić information content (AvgIpc) is 2.28. The zero-order valence-corrected chi connectivity index (χ0v) is 10.3. The molecule has 0 heterocycles. The van der Waals surface area contributed by atoms with Crippen LogP contribution in [0.2, 0.25) is 0 Å². The van der Waals surface area contributed by atoms with Crippen molar-refractivity contribution in [2.24, 2.45) is 10.7 Å². The third kappa shape index (κ3) is 3.09. The van der Waals surface area contributed by atoms with Gasteiger partial charge in [-0.25, -0.2) is 0 Å². The van der Waals surface area contributed by atoms with Crippen molar-refractivity contribution in [3.63, 3.8) is 0 Å². The van der Waals surface area contributed by atoms with Gasteiger partial charge in [0.25, 0.3) is 0 Å². The van der Waals surface area contributed by atoms with E-state index in [-0.39, 0.29) is 0 Å². The summed E-state index contributed by atoms with van der Waals surface area (Å²) in [6.45, 7) is 0. The second-order valence-corrected chi connectivity index (χ2v) is 3.73. The lowest BCUT2D eigenvalue weighted by Gasteiger charge is -2.04. The zero-order valence-electron chi connectivity index (χ0n) is 8.70. The highest BCUT2D eigenvalue weighted by molar-refractivity contribution is 9.12. The van der Waals surface area contributed by atoms with Gasteiger partial charge in [-0.05, 0) is 45.8 Å². The minimum atomic E-state index is 0.656. The molecule has 3 nitrogen and oxygen atoms in total. The summed E-state index contributed by atoms with van der Waals surface area (Å²) >= 11 is 3.35. The van der Waals surface area contributed by atoms with E-state index in [1.807, 2.05) is 24.3 Å². The van der Waals surface area contributed by atoms with Crippen molar-refractivity contribution in [2.75, 3.05) is 14.2 Å². The average molecular weight is 269 g/mol. The lowest BCUT2D eigenvalue weighted by Crippen LogP contribution is -1.99. The van der Waals surface area contributed by atoms with E-state index >= 15 is 0 Å². The summed E-state index contributed by atoms with van der Waals surface area (Å²) in [5.74, 6) is 0.812. The molecule has 2 N–H and O–H groups in total. The number of halogens is 1. The van der Waals surface area contributed by atoms with E-state index in [0.717, 1.165) is 15.8 Å². The maximum Gasteiger partial charge on any atom is 0.118 e. The Balaban J connectivity index is 3.01. The molecule has 0 fully saturated rings. The van der Waals surface area contributed by atoms with Crippen molar-refractivity contribution in [2.45, 2.75) is 0 Å². The van der Waals surface area contributed by atoms with Gasteiger partial charge >= 0.3 is 0 Å². The molecule has 0 bridgehead atoms. The SMILES string of the molecule is CN=CC(Br)=C(N)c1ccc(OC)cc1. The van der Waals surface area contributed by atoms with E-state index in [1.54, 1.807) is 20.4 Å². The molecule has 0 saturated heterocycles. The molecule has 0 saturated carbocycles. The van der Waals surface area contributed by atoms with Crippen LogP contribution in [0.4, 0.5) is 0 Å². The first kappa shape index (κ1) is 11.8. The van der Waals surface area contributed by atoms with Crippen LogP contribution in [0.15, 0.2) is 33.7 Å². The summed E-state index contributed by atoms with van der Waals surface area (Å²) in [5, 5.41) is 0. The molecule has 1 rings (SSSR count). The summed E-state index contributed by atoms with van der Waals surface area (Å²) in [6.07, 6.45) is 1.67. The summed E-state index contributed by atoms with van der Waals surface area (Å²) in [7, 11) is 3.33. The minimum absolute atomic E-state index is 0.656. The number of nitrogens with two attached hydrogens (primary N) is 1. The maximum atomic E-state index is 5.92. The lowest BCUT2D eigenvalue weighted by atomic mass is 10.1. The Hall–Kier alpha value is -1.29. The third-order valence-corrected chi connectivity index (χ3v) is 2.53. The fourth-order valence-corrected chi connectivity index (χ4v) is 1.53. The first-order valence-electron chi connectivity index (χ1n) is 4.41. The molecule has 15 heavy (non-hydrogen) atoms. The molecule has 0 spiro atoms. The molecule has 0 aromatic heterocycles. The van der Waals surface area contributed by atoms with Gasteiger partial charge in [0, 0.05) is 13.3 Å². The topological polar surface area (TPSA) is 47.6 Å². The molecule has 0 atom stereocenters. The van der Waals surface area contributed by atoms with E-state index in [0.29, 0.717) is 5.70 Å². The quantitative estimate of drug-likeness (QED) is 0.856. The van der Waals surface area contributed by atoms with E-state index in [4.69, 9.17) is 10.5 Å². The number of hydrogen-bond donors (Lipinski definition) is 1. The minimum Gasteiger partial charge on any atom is -0.497 e. The summed E-state index contributed by atoms with van der Waals surface area (Å²) in [5.41, 5.74) is 7.51. The van der Waals surface area contributed by atoms with Crippen LogP contribution in [0.3, 0.4) is 0 Å². The molecule has 1 aromatic rings. The lowest BCUT2D eigenvalue weighted by molar-refractivity contribution is 0.415. The second kappa shape index (κ2) is 5.56. The Morgan fingerprint density at radius 2 is 2.00 bits per heavy atom. The molecule has 1 aromatic carbocycles. The zero-order chi connectivity index (χ0) is 11.3. The van der Waals surface area contributed by atoms with Gasteiger partial charge in [-0.3, -0.25) is 4.99 Å². The van der Waals surface area contributed by atoms with E-state index in [1.165, 1.54) is 0 Å². The number of aliphatic imine (C=N–C) groups is 1. The number of benzene rings is 1. The predicted octanol–water partition coefficient (Wildman–Crippen LogP) is 2.42. The van der Waals surface area contributed by atoms with Crippen molar-refractivity contribution in [3.05, 3.63) is 34.3 Å². The maximum absolute atomic E-state index is 5.92. The van der Waals surface area contributed by atoms with Crippen LogP contribution in [0.1, 0.15) is 5.56 Å². The molecule has 0 radical (unpaired) electrons. The van der Waals surface area contributed by atoms with Gasteiger partial charge in [-0.2, -0.15) is 0 Å². The molecule has 0 unspecified atom stereocenters. The normalized spacial score (nSPS) is 12.7. The standard InChI is InChI=1S/C11H13BrN2O/c1-14-7-10(12)11(13)8-3-5-9(15-2)6-4-8/h3-7H,13H2,1-2H3. The van der Waals surface area contributed by atoms with Gasteiger partial charge < -0.3 is 10.5 Å².